The number of benzene rings is 2. The summed E-state index contributed by atoms with van der Waals surface area (Å²) in [6, 6.07) is 14.5. The summed E-state index contributed by atoms with van der Waals surface area (Å²) < 4.78 is 1.03. The highest BCUT2D eigenvalue weighted by molar-refractivity contribution is 9.10. The van der Waals surface area contributed by atoms with Crippen molar-refractivity contribution in [3.05, 3.63) is 74.6 Å². The Kier molecular flexibility index (Phi) is 6.99. The number of hydrogen-bond donors (Lipinski definition) is 2. The standard InChI is InChI=1S/C9H11BrO.C9H11N3O/c1-9(2,11)7-3-5-8(10)6-4-7;1-9(2,13)7-3-5-8(6-4-7)11-12-10/h3-6,11H,1-2H3;3-6,13H,1-2H3. The second-order valence-electron chi connectivity index (χ2n) is 6.36. The molecule has 2 rings (SSSR count). The van der Waals surface area contributed by atoms with Gasteiger partial charge in [0, 0.05) is 15.1 Å². The van der Waals surface area contributed by atoms with Crippen molar-refractivity contribution in [2.24, 2.45) is 5.11 Å². The molecular formula is C18H22BrN3O2. The van der Waals surface area contributed by atoms with Crippen LogP contribution in [0, 0.1) is 0 Å². The van der Waals surface area contributed by atoms with Gasteiger partial charge in [0.2, 0.25) is 0 Å². The maximum atomic E-state index is 9.61. The minimum atomic E-state index is -0.852. The van der Waals surface area contributed by atoms with Gasteiger partial charge in [0.1, 0.15) is 0 Å². The van der Waals surface area contributed by atoms with Gasteiger partial charge in [-0.15, -0.1) is 0 Å². The van der Waals surface area contributed by atoms with Crippen molar-refractivity contribution in [2.45, 2.75) is 38.9 Å². The highest BCUT2D eigenvalue weighted by Crippen LogP contribution is 2.22. The lowest BCUT2D eigenvalue weighted by Gasteiger charge is -2.17. The molecule has 6 heteroatoms. The van der Waals surface area contributed by atoms with Gasteiger partial charge in [0.25, 0.3) is 0 Å². The molecule has 5 nitrogen and oxygen atoms in total. The monoisotopic (exact) mass is 391 g/mol. The molecular weight excluding hydrogens is 370 g/mol. The molecule has 2 aromatic rings. The van der Waals surface area contributed by atoms with Crippen molar-refractivity contribution >= 4 is 21.6 Å². The molecule has 0 atom stereocenters. The SMILES string of the molecule is CC(C)(O)c1ccc(Br)cc1.CC(C)(O)c1ccc(N=[N+]=[N-])cc1. The summed E-state index contributed by atoms with van der Waals surface area (Å²) in [6.07, 6.45) is 0. The fourth-order valence-electron chi connectivity index (χ4n) is 1.85. The minimum Gasteiger partial charge on any atom is -0.386 e. The normalized spacial score (nSPS) is 11.1. The predicted molar refractivity (Wildman–Crippen MR) is 99.9 cm³/mol. The van der Waals surface area contributed by atoms with E-state index in [1.54, 1.807) is 52.0 Å². The zero-order valence-corrected chi connectivity index (χ0v) is 15.8. The Balaban J connectivity index is 0.000000243. The molecule has 24 heavy (non-hydrogen) atoms. The van der Waals surface area contributed by atoms with E-state index in [0.29, 0.717) is 5.69 Å². The number of halogens is 1. The van der Waals surface area contributed by atoms with Crippen molar-refractivity contribution in [3.8, 4) is 0 Å². The van der Waals surface area contributed by atoms with Crippen LogP contribution in [-0.4, -0.2) is 10.2 Å². The zero-order valence-electron chi connectivity index (χ0n) is 14.2. The molecule has 0 amide bonds. The van der Waals surface area contributed by atoms with Crippen LogP contribution in [0.2, 0.25) is 0 Å². The molecule has 0 aliphatic heterocycles. The van der Waals surface area contributed by atoms with Crippen LogP contribution in [0.1, 0.15) is 38.8 Å². The summed E-state index contributed by atoms with van der Waals surface area (Å²) in [5.41, 5.74) is 8.85. The lowest BCUT2D eigenvalue weighted by molar-refractivity contribution is 0.0780. The maximum Gasteiger partial charge on any atom is 0.0840 e. The van der Waals surface area contributed by atoms with Gasteiger partial charge < -0.3 is 10.2 Å². The average molecular weight is 392 g/mol. The molecule has 2 aromatic carbocycles. The number of rotatable bonds is 3. The van der Waals surface area contributed by atoms with Crippen LogP contribution in [-0.2, 0) is 11.2 Å². The first-order valence-corrected chi connectivity index (χ1v) is 8.20. The fraction of sp³-hybridized carbons (Fsp3) is 0.333. The Morgan fingerprint density at radius 3 is 1.54 bits per heavy atom. The van der Waals surface area contributed by atoms with E-state index in [1.165, 1.54) is 0 Å². The third kappa shape index (κ3) is 6.72. The summed E-state index contributed by atoms with van der Waals surface area (Å²) in [7, 11) is 0. The largest absolute Gasteiger partial charge is 0.386 e. The fourth-order valence-corrected chi connectivity index (χ4v) is 2.11. The first kappa shape index (κ1) is 20.2. The van der Waals surface area contributed by atoms with Crippen molar-refractivity contribution in [3.63, 3.8) is 0 Å². The van der Waals surface area contributed by atoms with E-state index in [-0.39, 0.29) is 0 Å². The van der Waals surface area contributed by atoms with Crippen LogP contribution >= 0.6 is 15.9 Å². The number of hydrogen-bond acceptors (Lipinski definition) is 3. The third-order valence-electron chi connectivity index (χ3n) is 3.28. The van der Waals surface area contributed by atoms with Crippen LogP contribution in [0.4, 0.5) is 5.69 Å². The van der Waals surface area contributed by atoms with Gasteiger partial charge in [-0.25, -0.2) is 0 Å². The zero-order chi connectivity index (χ0) is 18.4. The molecule has 0 aliphatic carbocycles. The van der Waals surface area contributed by atoms with Gasteiger partial charge in [0.15, 0.2) is 0 Å². The maximum absolute atomic E-state index is 9.61. The van der Waals surface area contributed by atoms with Gasteiger partial charge in [0.05, 0.1) is 11.2 Å². The van der Waals surface area contributed by atoms with Crippen molar-refractivity contribution in [1.29, 1.82) is 0 Å². The van der Waals surface area contributed by atoms with E-state index in [9.17, 15) is 10.2 Å². The summed E-state index contributed by atoms with van der Waals surface area (Å²) >= 11 is 3.33. The molecule has 0 fully saturated rings. The van der Waals surface area contributed by atoms with Crippen LogP contribution in [0.3, 0.4) is 0 Å². The van der Waals surface area contributed by atoms with Crippen LogP contribution in [0.15, 0.2) is 58.1 Å². The minimum absolute atomic E-state index is 0.551. The predicted octanol–water partition coefficient (Wildman–Crippen LogP) is 5.53. The van der Waals surface area contributed by atoms with Crippen LogP contribution in [0.25, 0.3) is 10.4 Å². The first-order chi connectivity index (χ1) is 11.0. The number of nitrogens with zero attached hydrogens (tertiary/aromatic N) is 3. The second kappa shape index (κ2) is 8.31. The van der Waals surface area contributed by atoms with Gasteiger partial charge in [-0.05, 0) is 56.5 Å². The first-order valence-electron chi connectivity index (χ1n) is 7.40. The average Bonchev–Trinajstić information content (AvgIpc) is 2.47. The van der Waals surface area contributed by atoms with E-state index >= 15 is 0 Å². The van der Waals surface area contributed by atoms with E-state index in [2.05, 4.69) is 26.0 Å². The Hall–Kier alpha value is -1.85. The van der Waals surface area contributed by atoms with Crippen LogP contribution in [0.5, 0.6) is 0 Å². The molecule has 0 spiro atoms. The molecule has 0 aliphatic rings. The molecule has 2 N–H and O–H groups in total. The molecule has 0 radical (unpaired) electrons. The van der Waals surface area contributed by atoms with Gasteiger partial charge in [-0.3, -0.25) is 0 Å². The van der Waals surface area contributed by atoms with Crippen LogP contribution < -0.4 is 0 Å². The summed E-state index contributed by atoms with van der Waals surface area (Å²) in [5, 5.41) is 22.6. The quantitative estimate of drug-likeness (QED) is 0.408. The Bertz CT molecular complexity index is 693. The van der Waals surface area contributed by atoms with E-state index in [1.807, 2.05) is 24.3 Å². The lowest BCUT2D eigenvalue weighted by atomic mass is 9.98. The molecule has 0 unspecified atom stereocenters. The van der Waals surface area contributed by atoms with Gasteiger partial charge in [-0.2, -0.15) is 0 Å². The lowest BCUT2D eigenvalue weighted by Crippen LogP contribution is -2.14. The second-order valence-corrected chi connectivity index (χ2v) is 7.28. The third-order valence-corrected chi connectivity index (χ3v) is 3.81. The Morgan fingerprint density at radius 2 is 1.21 bits per heavy atom. The Labute approximate surface area is 150 Å². The smallest absolute Gasteiger partial charge is 0.0840 e. The van der Waals surface area contributed by atoms with Gasteiger partial charge >= 0.3 is 0 Å². The Morgan fingerprint density at radius 1 is 0.833 bits per heavy atom. The molecule has 0 saturated carbocycles. The summed E-state index contributed by atoms with van der Waals surface area (Å²) in [5.74, 6) is 0. The molecule has 128 valence electrons. The van der Waals surface area contributed by atoms with E-state index in [0.717, 1.165) is 15.6 Å². The highest BCUT2D eigenvalue weighted by atomic mass is 79.9. The topological polar surface area (TPSA) is 89.2 Å². The van der Waals surface area contributed by atoms with Crippen molar-refractivity contribution in [1.82, 2.24) is 0 Å². The summed E-state index contributed by atoms with van der Waals surface area (Å²) in [6.45, 7) is 6.96. The van der Waals surface area contributed by atoms with E-state index in [4.69, 9.17) is 5.53 Å². The number of aliphatic hydroxyl groups is 2. The number of azide groups is 1. The van der Waals surface area contributed by atoms with Crippen molar-refractivity contribution in [2.75, 3.05) is 0 Å². The summed E-state index contributed by atoms with van der Waals surface area (Å²) in [4.78, 5) is 2.66. The molecule has 0 bridgehead atoms. The highest BCUT2D eigenvalue weighted by Gasteiger charge is 2.15. The van der Waals surface area contributed by atoms with Gasteiger partial charge in [-0.1, -0.05) is 57.4 Å². The van der Waals surface area contributed by atoms with Crippen molar-refractivity contribution < 1.29 is 10.2 Å². The molecule has 0 heterocycles. The molecule has 0 aromatic heterocycles. The molecule has 0 saturated heterocycles. The van der Waals surface area contributed by atoms with E-state index < -0.39 is 11.2 Å².